The fraction of sp³-hybridized carbons (Fsp3) is 0.273. The van der Waals surface area contributed by atoms with Crippen LogP contribution >= 0.6 is 0 Å². The highest BCUT2D eigenvalue weighted by molar-refractivity contribution is 6.01. The SMILES string of the molecule is Nc1ncnc2c1c(-c1ccc(Oc3ccccc3)cc1)nn2C1CCN(Cc2ccnc(F)c2C2CCC(=O)NC2=O)CC1. The van der Waals surface area contributed by atoms with Crippen LogP contribution < -0.4 is 15.8 Å². The van der Waals surface area contributed by atoms with Gasteiger partial charge in [-0.1, -0.05) is 18.2 Å². The average Bonchev–Trinajstić information content (AvgIpc) is 3.44. The summed E-state index contributed by atoms with van der Waals surface area (Å²) in [6.07, 6.45) is 4.89. The molecule has 5 heterocycles. The van der Waals surface area contributed by atoms with E-state index >= 15 is 0 Å². The van der Waals surface area contributed by atoms with Crippen molar-refractivity contribution in [3.63, 3.8) is 0 Å². The minimum absolute atomic E-state index is 0.0660. The summed E-state index contributed by atoms with van der Waals surface area (Å²) in [5, 5.41) is 8.05. The minimum atomic E-state index is -0.734. The normalized spacial score (nSPS) is 17.8. The molecule has 2 aliphatic heterocycles. The maximum atomic E-state index is 15.0. The number of pyridine rings is 1. The second kappa shape index (κ2) is 12.0. The number of para-hydroxylation sites is 1. The molecule has 5 aromatic rings. The molecule has 0 aliphatic carbocycles. The largest absolute Gasteiger partial charge is 0.457 e. The lowest BCUT2D eigenvalue weighted by Gasteiger charge is -2.33. The van der Waals surface area contributed by atoms with Crippen molar-refractivity contribution >= 4 is 28.7 Å². The Morgan fingerprint density at radius 3 is 2.44 bits per heavy atom. The molecular weight excluding hydrogens is 575 g/mol. The lowest BCUT2D eigenvalue weighted by Crippen LogP contribution is -2.40. The van der Waals surface area contributed by atoms with Crippen molar-refractivity contribution < 1.29 is 18.7 Å². The van der Waals surface area contributed by atoms with Gasteiger partial charge < -0.3 is 10.5 Å². The molecule has 7 rings (SSSR count). The van der Waals surface area contributed by atoms with Crippen molar-refractivity contribution in [1.29, 1.82) is 0 Å². The third kappa shape index (κ3) is 5.72. The standard InChI is InChI=1S/C33H31FN8O3/c34-30-27(25-10-11-26(43)39-33(25)44)21(12-15-36-30)18-41-16-13-22(14-17-41)42-32-28(31(35)37-19-38-32)29(40-42)20-6-8-24(9-7-20)45-23-4-2-1-3-5-23/h1-9,12,15,19,22,25H,10-11,13-14,16-18H2,(H2,35,37,38)(H,39,43,44). The van der Waals surface area contributed by atoms with Crippen LogP contribution in [0.15, 0.2) is 73.2 Å². The van der Waals surface area contributed by atoms with Crippen LogP contribution in [0.2, 0.25) is 0 Å². The number of ether oxygens (including phenoxy) is 1. The van der Waals surface area contributed by atoms with Gasteiger partial charge in [0, 0.05) is 43.4 Å². The van der Waals surface area contributed by atoms with Crippen LogP contribution in [0.4, 0.5) is 10.2 Å². The summed E-state index contributed by atoms with van der Waals surface area (Å²) in [5.74, 6) is -0.376. The number of imide groups is 1. The monoisotopic (exact) mass is 606 g/mol. The first-order valence-corrected chi connectivity index (χ1v) is 15.0. The molecule has 3 aromatic heterocycles. The number of amides is 2. The first-order chi connectivity index (χ1) is 21.9. The molecule has 0 saturated carbocycles. The Bertz CT molecular complexity index is 1870. The fourth-order valence-corrected chi connectivity index (χ4v) is 6.28. The van der Waals surface area contributed by atoms with Gasteiger partial charge in [-0.15, -0.1) is 0 Å². The number of benzene rings is 2. The highest BCUT2D eigenvalue weighted by Crippen LogP contribution is 2.36. The molecule has 1 unspecified atom stereocenters. The molecule has 3 N–H and O–H groups in total. The number of hydrogen-bond acceptors (Lipinski definition) is 9. The third-order valence-corrected chi connectivity index (χ3v) is 8.54. The van der Waals surface area contributed by atoms with E-state index in [9.17, 15) is 14.0 Å². The van der Waals surface area contributed by atoms with Gasteiger partial charge in [0.2, 0.25) is 17.8 Å². The molecule has 2 aromatic carbocycles. The Kier molecular flexibility index (Phi) is 7.64. The number of piperidine rings is 2. The third-order valence-electron chi connectivity index (χ3n) is 8.54. The molecule has 11 nitrogen and oxygen atoms in total. The summed E-state index contributed by atoms with van der Waals surface area (Å²) in [5.41, 5.74) is 9.61. The van der Waals surface area contributed by atoms with Crippen molar-refractivity contribution in [1.82, 2.24) is 34.9 Å². The molecule has 1 atom stereocenters. The Morgan fingerprint density at radius 2 is 1.69 bits per heavy atom. The number of nitrogens with two attached hydrogens (primary N) is 1. The summed E-state index contributed by atoms with van der Waals surface area (Å²) < 4.78 is 22.9. The maximum Gasteiger partial charge on any atom is 0.234 e. The van der Waals surface area contributed by atoms with Crippen LogP contribution in [0, 0.1) is 5.95 Å². The van der Waals surface area contributed by atoms with Crippen molar-refractivity contribution in [2.24, 2.45) is 0 Å². The van der Waals surface area contributed by atoms with E-state index in [0.717, 1.165) is 37.2 Å². The van der Waals surface area contributed by atoms with Gasteiger partial charge in [0.1, 0.15) is 29.3 Å². The Balaban J connectivity index is 1.09. The Hall–Kier alpha value is -5.23. The number of likely N-dealkylation sites (tertiary alicyclic amines) is 1. The van der Waals surface area contributed by atoms with Gasteiger partial charge in [-0.3, -0.25) is 19.8 Å². The highest BCUT2D eigenvalue weighted by atomic mass is 19.1. The number of nitrogens with one attached hydrogen (secondary N) is 1. The van der Waals surface area contributed by atoms with Crippen molar-refractivity contribution in [2.45, 2.75) is 44.2 Å². The number of rotatable bonds is 7. The zero-order valence-corrected chi connectivity index (χ0v) is 24.4. The van der Waals surface area contributed by atoms with E-state index in [2.05, 4.69) is 25.2 Å². The first-order valence-electron chi connectivity index (χ1n) is 15.0. The molecule has 2 amide bonds. The van der Waals surface area contributed by atoms with Gasteiger partial charge in [-0.25, -0.2) is 19.6 Å². The second-order valence-electron chi connectivity index (χ2n) is 11.4. The van der Waals surface area contributed by atoms with Crippen molar-refractivity contribution in [3.8, 4) is 22.8 Å². The van der Waals surface area contributed by atoms with Gasteiger partial charge in [0.15, 0.2) is 5.65 Å². The van der Waals surface area contributed by atoms with Crippen LogP contribution in [-0.2, 0) is 16.1 Å². The lowest BCUT2D eigenvalue weighted by molar-refractivity contribution is -0.134. The minimum Gasteiger partial charge on any atom is -0.457 e. The van der Waals surface area contributed by atoms with Crippen LogP contribution in [0.3, 0.4) is 0 Å². The van der Waals surface area contributed by atoms with E-state index < -0.39 is 17.8 Å². The maximum absolute atomic E-state index is 15.0. The quantitative estimate of drug-likeness (QED) is 0.198. The van der Waals surface area contributed by atoms with E-state index in [1.807, 2.05) is 59.3 Å². The molecule has 2 fully saturated rings. The summed E-state index contributed by atoms with van der Waals surface area (Å²) in [6, 6.07) is 19.1. The predicted molar refractivity (Wildman–Crippen MR) is 165 cm³/mol. The van der Waals surface area contributed by atoms with Crippen LogP contribution in [0.25, 0.3) is 22.3 Å². The number of nitrogen functional groups attached to an aromatic ring is 1. The number of hydrogen-bond donors (Lipinski definition) is 2. The summed E-state index contributed by atoms with van der Waals surface area (Å²) in [6.45, 7) is 1.93. The van der Waals surface area contributed by atoms with E-state index in [4.69, 9.17) is 15.6 Å². The molecule has 12 heteroatoms. The molecule has 45 heavy (non-hydrogen) atoms. The molecule has 228 valence electrons. The smallest absolute Gasteiger partial charge is 0.234 e. The van der Waals surface area contributed by atoms with E-state index in [1.54, 1.807) is 6.07 Å². The van der Waals surface area contributed by atoms with Crippen LogP contribution in [0.1, 0.15) is 48.8 Å². The van der Waals surface area contributed by atoms with Crippen LogP contribution in [-0.4, -0.2) is 54.5 Å². The van der Waals surface area contributed by atoms with Crippen LogP contribution in [0.5, 0.6) is 11.5 Å². The molecule has 2 saturated heterocycles. The zero-order valence-electron chi connectivity index (χ0n) is 24.4. The second-order valence-corrected chi connectivity index (χ2v) is 11.4. The number of fused-ring (bicyclic) bond motifs is 1. The number of aromatic nitrogens is 5. The summed E-state index contributed by atoms with van der Waals surface area (Å²) in [4.78, 5) is 39.1. The average molecular weight is 607 g/mol. The number of anilines is 1. The molecule has 0 radical (unpaired) electrons. The van der Waals surface area contributed by atoms with Gasteiger partial charge >= 0.3 is 0 Å². The zero-order chi connectivity index (χ0) is 30.9. The van der Waals surface area contributed by atoms with Gasteiger partial charge in [0.05, 0.1) is 17.3 Å². The molecular formula is C33H31FN8O3. The first kappa shape index (κ1) is 28.5. The molecule has 0 bridgehead atoms. The van der Waals surface area contributed by atoms with E-state index in [0.29, 0.717) is 40.4 Å². The number of carbonyl (C=O) groups excluding carboxylic acids is 2. The lowest BCUT2D eigenvalue weighted by atomic mass is 9.88. The summed E-state index contributed by atoms with van der Waals surface area (Å²) in [7, 11) is 0. The van der Waals surface area contributed by atoms with Gasteiger partial charge in [0.25, 0.3) is 0 Å². The molecule has 2 aliphatic rings. The van der Waals surface area contributed by atoms with Crippen molar-refractivity contribution in [2.75, 3.05) is 18.8 Å². The molecule has 0 spiro atoms. The topological polar surface area (TPSA) is 141 Å². The number of carbonyl (C=O) groups is 2. The summed E-state index contributed by atoms with van der Waals surface area (Å²) >= 11 is 0. The van der Waals surface area contributed by atoms with Gasteiger partial charge in [-0.2, -0.15) is 9.49 Å². The number of halogens is 1. The van der Waals surface area contributed by atoms with E-state index in [-0.39, 0.29) is 30.4 Å². The number of nitrogens with zero attached hydrogens (tertiary/aromatic N) is 6. The Morgan fingerprint density at radius 1 is 0.933 bits per heavy atom. The van der Waals surface area contributed by atoms with Gasteiger partial charge in [-0.05, 0) is 67.3 Å². The predicted octanol–water partition coefficient (Wildman–Crippen LogP) is 4.76. The van der Waals surface area contributed by atoms with E-state index in [1.165, 1.54) is 12.5 Å². The Labute approximate surface area is 258 Å². The van der Waals surface area contributed by atoms with Crippen molar-refractivity contribution in [3.05, 3.63) is 90.3 Å². The highest BCUT2D eigenvalue weighted by Gasteiger charge is 2.33. The fourth-order valence-electron chi connectivity index (χ4n) is 6.28.